The van der Waals surface area contributed by atoms with E-state index in [-0.39, 0.29) is 52.2 Å². The zero-order chi connectivity index (χ0) is 16.9. The second-order valence-electron chi connectivity index (χ2n) is 4.26. The van der Waals surface area contributed by atoms with Crippen LogP contribution in [0.2, 0.25) is 0 Å². The van der Waals surface area contributed by atoms with Crippen LogP contribution in [0.15, 0.2) is 12.7 Å². The Labute approximate surface area is 133 Å². The normalized spacial score (nSPS) is 14.4. The highest BCUT2D eigenvalue weighted by molar-refractivity contribution is 5.86. The minimum absolute atomic E-state index is 0.0322. The average molecular weight is 332 g/mol. The summed E-state index contributed by atoms with van der Waals surface area (Å²) in [5.41, 5.74) is 0. The first-order chi connectivity index (χ1) is 11.1. The predicted molar refractivity (Wildman–Crippen MR) is 75.5 cm³/mol. The summed E-state index contributed by atoms with van der Waals surface area (Å²) < 4.78 is 24.3. The van der Waals surface area contributed by atoms with E-state index in [0.717, 1.165) is 6.08 Å². The molecule has 1 rings (SSSR count). The maximum Gasteiger partial charge on any atom is 0.508 e. The van der Waals surface area contributed by atoms with Crippen LogP contribution in [0.1, 0.15) is 0 Å². The molecule has 0 bridgehead atoms. The van der Waals surface area contributed by atoms with E-state index in [9.17, 15) is 14.4 Å². The van der Waals surface area contributed by atoms with Crippen molar-refractivity contribution in [1.82, 2.24) is 10.6 Å². The molecular weight excluding hydrogens is 312 g/mol. The van der Waals surface area contributed by atoms with Crippen LogP contribution in [-0.4, -0.2) is 70.6 Å². The molecule has 1 heterocycles. The summed E-state index contributed by atoms with van der Waals surface area (Å²) in [7, 11) is 0. The number of ether oxygens (including phenoxy) is 5. The maximum atomic E-state index is 11.4. The van der Waals surface area contributed by atoms with E-state index in [1.165, 1.54) is 0 Å². The number of amides is 2. The predicted octanol–water partition coefficient (Wildman–Crippen LogP) is -0.459. The van der Waals surface area contributed by atoms with Gasteiger partial charge in [-0.25, -0.2) is 9.59 Å². The Kier molecular flexibility index (Phi) is 9.17. The number of rotatable bonds is 8. The van der Waals surface area contributed by atoms with Crippen molar-refractivity contribution in [1.29, 1.82) is 0 Å². The minimum Gasteiger partial charge on any atom is -0.441 e. The molecular formula is C13H20N2O8. The van der Waals surface area contributed by atoms with E-state index >= 15 is 0 Å². The van der Waals surface area contributed by atoms with Gasteiger partial charge in [-0.05, 0) is 6.08 Å². The summed E-state index contributed by atoms with van der Waals surface area (Å²) in [4.78, 5) is 33.4. The first-order valence-electron chi connectivity index (χ1n) is 6.91. The first-order valence-corrected chi connectivity index (χ1v) is 6.91. The molecule has 0 aliphatic carbocycles. The summed E-state index contributed by atoms with van der Waals surface area (Å²) in [6, 6.07) is 0. The van der Waals surface area contributed by atoms with Crippen LogP contribution in [0.4, 0.5) is 9.59 Å². The second-order valence-corrected chi connectivity index (χ2v) is 4.26. The van der Waals surface area contributed by atoms with Gasteiger partial charge in [-0.3, -0.25) is 4.79 Å². The van der Waals surface area contributed by atoms with E-state index in [1.807, 2.05) is 0 Å². The Morgan fingerprint density at radius 2 is 1.70 bits per heavy atom. The quantitative estimate of drug-likeness (QED) is 0.348. The third kappa shape index (κ3) is 9.32. The van der Waals surface area contributed by atoms with E-state index in [0.29, 0.717) is 0 Å². The standard InChI is InChI=1S/C13H20N2O8/c1-2-11(16)14-3-5-21-13(18)22-6-4-15-12(17)23-10-7-19-9-20-8-10/h2,10H,1,3-9H2,(H,14,16)(H,15,17). The fourth-order valence-corrected chi connectivity index (χ4v) is 1.44. The molecule has 0 spiro atoms. The lowest BCUT2D eigenvalue weighted by Crippen LogP contribution is -2.38. The summed E-state index contributed by atoms with van der Waals surface area (Å²) in [6.07, 6.45) is -0.912. The van der Waals surface area contributed by atoms with Gasteiger partial charge in [0.05, 0.1) is 26.3 Å². The molecule has 2 amide bonds. The molecule has 0 unspecified atom stereocenters. The van der Waals surface area contributed by atoms with Gasteiger partial charge in [0, 0.05) is 0 Å². The van der Waals surface area contributed by atoms with Crippen molar-refractivity contribution < 1.29 is 38.1 Å². The molecule has 10 heteroatoms. The van der Waals surface area contributed by atoms with Gasteiger partial charge in [-0.1, -0.05) is 6.58 Å². The lowest BCUT2D eigenvalue weighted by molar-refractivity contribution is -0.151. The van der Waals surface area contributed by atoms with Crippen LogP contribution in [0.25, 0.3) is 0 Å². The van der Waals surface area contributed by atoms with Gasteiger partial charge in [0.2, 0.25) is 5.91 Å². The minimum atomic E-state index is -0.901. The fraction of sp³-hybridized carbons (Fsp3) is 0.615. The van der Waals surface area contributed by atoms with Crippen LogP contribution in [0, 0.1) is 0 Å². The van der Waals surface area contributed by atoms with E-state index in [2.05, 4.69) is 21.9 Å². The molecule has 0 aromatic carbocycles. The third-order valence-electron chi connectivity index (χ3n) is 2.45. The molecule has 2 N–H and O–H groups in total. The molecule has 1 aliphatic rings. The van der Waals surface area contributed by atoms with Gasteiger partial charge in [0.15, 0.2) is 6.10 Å². The maximum absolute atomic E-state index is 11.4. The number of nitrogens with one attached hydrogen (secondary N) is 2. The van der Waals surface area contributed by atoms with Crippen molar-refractivity contribution >= 4 is 18.2 Å². The zero-order valence-corrected chi connectivity index (χ0v) is 12.6. The molecule has 0 radical (unpaired) electrons. The van der Waals surface area contributed by atoms with Crippen LogP contribution >= 0.6 is 0 Å². The van der Waals surface area contributed by atoms with Crippen LogP contribution in [-0.2, 0) is 28.5 Å². The molecule has 0 aromatic heterocycles. The van der Waals surface area contributed by atoms with E-state index in [1.54, 1.807) is 0 Å². The third-order valence-corrected chi connectivity index (χ3v) is 2.45. The highest BCUT2D eigenvalue weighted by Crippen LogP contribution is 2.01. The van der Waals surface area contributed by atoms with Gasteiger partial charge in [0.25, 0.3) is 0 Å². The molecule has 0 saturated carbocycles. The van der Waals surface area contributed by atoms with Crippen LogP contribution in [0.3, 0.4) is 0 Å². The molecule has 10 nitrogen and oxygen atoms in total. The number of alkyl carbamates (subject to hydrolysis) is 1. The van der Waals surface area contributed by atoms with Gasteiger partial charge >= 0.3 is 12.2 Å². The number of carbonyl (C=O) groups is 3. The van der Waals surface area contributed by atoms with Crippen LogP contribution < -0.4 is 10.6 Å². The molecule has 0 aromatic rings. The lowest BCUT2D eigenvalue weighted by Gasteiger charge is -2.22. The highest BCUT2D eigenvalue weighted by atomic mass is 16.7. The molecule has 1 aliphatic heterocycles. The number of hydrogen-bond donors (Lipinski definition) is 2. The Morgan fingerprint density at radius 1 is 1.09 bits per heavy atom. The zero-order valence-electron chi connectivity index (χ0n) is 12.6. The molecule has 130 valence electrons. The Morgan fingerprint density at radius 3 is 2.30 bits per heavy atom. The van der Waals surface area contributed by atoms with Crippen molar-refractivity contribution in [2.75, 3.05) is 46.3 Å². The lowest BCUT2D eigenvalue weighted by atomic mass is 10.4. The Hall–Kier alpha value is -2.33. The molecule has 0 atom stereocenters. The number of carbonyl (C=O) groups excluding carboxylic acids is 3. The molecule has 1 saturated heterocycles. The van der Waals surface area contributed by atoms with E-state index in [4.69, 9.17) is 18.9 Å². The van der Waals surface area contributed by atoms with Crippen LogP contribution in [0.5, 0.6) is 0 Å². The van der Waals surface area contributed by atoms with Gasteiger partial charge in [-0.2, -0.15) is 0 Å². The van der Waals surface area contributed by atoms with E-state index < -0.39 is 18.4 Å². The largest absolute Gasteiger partial charge is 0.508 e. The second kappa shape index (κ2) is 11.3. The number of hydrogen-bond acceptors (Lipinski definition) is 8. The Bertz CT molecular complexity index is 409. The van der Waals surface area contributed by atoms with Gasteiger partial charge < -0.3 is 34.3 Å². The van der Waals surface area contributed by atoms with Crippen molar-refractivity contribution in [2.24, 2.45) is 0 Å². The van der Waals surface area contributed by atoms with Crippen molar-refractivity contribution in [3.05, 3.63) is 12.7 Å². The van der Waals surface area contributed by atoms with Crippen molar-refractivity contribution in [3.8, 4) is 0 Å². The summed E-state index contributed by atoms with van der Waals surface area (Å²) in [5.74, 6) is -0.363. The first kappa shape index (κ1) is 18.7. The Balaban J connectivity index is 1.96. The molecule has 1 fully saturated rings. The summed E-state index contributed by atoms with van der Waals surface area (Å²) in [6.45, 7) is 4.12. The van der Waals surface area contributed by atoms with Gasteiger partial charge in [0.1, 0.15) is 20.0 Å². The summed E-state index contributed by atoms with van der Waals surface area (Å²) >= 11 is 0. The van der Waals surface area contributed by atoms with Gasteiger partial charge in [-0.15, -0.1) is 0 Å². The topological polar surface area (TPSA) is 121 Å². The monoisotopic (exact) mass is 332 g/mol. The summed E-state index contributed by atoms with van der Waals surface area (Å²) in [5, 5.41) is 4.83. The highest BCUT2D eigenvalue weighted by Gasteiger charge is 2.18. The van der Waals surface area contributed by atoms with Crippen molar-refractivity contribution in [2.45, 2.75) is 6.10 Å². The smallest absolute Gasteiger partial charge is 0.441 e. The van der Waals surface area contributed by atoms with Crippen molar-refractivity contribution in [3.63, 3.8) is 0 Å². The fourth-order valence-electron chi connectivity index (χ4n) is 1.44. The SMILES string of the molecule is C=CC(=O)NCCOC(=O)OCCNC(=O)OC1COCOC1. The average Bonchev–Trinajstić information content (AvgIpc) is 2.56. The molecule has 23 heavy (non-hydrogen) atoms.